The van der Waals surface area contributed by atoms with Crippen LogP contribution in [-0.2, 0) is 85.5 Å². The van der Waals surface area contributed by atoms with Crippen LogP contribution < -0.4 is 31.9 Å². The second-order valence-corrected chi connectivity index (χ2v) is 27.8. The molecule has 7 N–H and O–H groups in total. The van der Waals surface area contributed by atoms with Gasteiger partial charge in [-0.25, -0.2) is 24.0 Å². The minimum atomic E-state index is -2.21. The van der Waals surface area contributed by atoms with Gasteiger partial charge in [-0.05, 0) is 130 Å². The number of esters is 3. The van der Waals surface area contributed by atoms with Crippen LogP contribution in [0.1, 0.15) is 176 Å². The van der Waals surface area contributed by atoms with E-state index in [9.17, 15) is 48.3 Å². The maximum absolute atomic E-state index is 15.0. The molecule has 5 rings (SSSR count). The summed E-state index contributed by atoms with van der Waals surface area (Å²) < 4.78 is 85.4. The number of alkyl carbamates (subject to hydrolysis) is 5. The third kappa shape index (κ3) is 23.9. The average molecular weight is 1280 g/mol. The zero-order valence-corrected chi connectivity index (χ0v) is 54.8. The van der Waals surface area contributed by atoms with Gasteiger partial charge in [0.1, 0.15) is 76.7 Å². The van der Waals surface area contributed by atoms with Crippen LogP contribution in [0.4, 0.5) is 24.0 Å². The first kappa shape index (κ1) is 73.7. The summed E-state index contributed by atoms with van der Waals surface area (Å²) in [5.41, 5.74) is -5.02. The van der Waals surface area contributed by atoms with E-state index >= 15 is 0 Å². The molecule has 0 bridgehead atoms. The van der Waals surface area contributed by atoms with Gasteiger partial charge in [-0.1, -0.05) is 6.42 Å². The number of fused-ring (bicyclic) bond motifs is 1. The molecule has 0 aromatic heterocycles. The summed E-state index contributed by atoms with van der Waals surface area (Å²) in [4.78, 5) is 122. The van der Waals surface area contributed by atoms with Crippen LogP contribution in [0, 0.1) is 0 Å². The Morgan fingerprint density at radius 2 is 1.00 bits per heavy atom. The fourth-order valence-corrected chi connectivity index (χ4v) is 10.6. The lowest BCUT2D eigenvalue weighted by molar-refractivity contribution is -0.390. The van der Waals surface area contributed by atoms with Crippen LogP contribution in [0.2, 0.25) is 0 Å². The number of hydrogen-bond donors (Lipinski definition) is 7. The van der Waals surface area contributed by atoms with Crippen LogP contribution in [0.25, 0.3) is 0 Å². The van der Waals surface area contributed by atoms with E-state index in [2.05, 4.69) is 31.9 Å². The summed E-state index contributed by atoms with van der Waals surface area (Å²) in [6.45, 7) is 26.9. The Bertz CT molecular complexity index is 2460. The lowest BCUT2D eigenvalue weighted by Crippen LogP contribution is -2.76. The maximum Gasteiger partial charge on any atom is 0.408 e. The number of ether oxygens (including phenoxy) is 14. The van der Waals surface area contributed by atoms with Crippen LogP contribution >= 0.6 is 0 Å². The summed E-state index contributed by atoms with van der Waals surface area (Å²) in [5.74, 6) is -5.14. The molecule has 3 saturated heterocycles. The molecule has 0 radical (unpaired) electrons. The Kier molecular flexibility index (Phi) is 25.2. The predicted octanol–water partition coefficient (Wildman–Crippen LogP) is 4.84. The number of nitrogens with one attached hydrogen (secondary N) is 6. The summed E-state index contributed by atoms with van der Waals surface area (Å²) in [6, 6.07) is -6.24. The van der Waals surface area contributed by atoms with Crippen molar-refractivity contribution in [2.45, 2.75) is 301 Å². The summed E-state index contributed by atoms with van der Waals surface area (Å²) in [5, 5.41) is 29.5. The molecule has 6 amide bonds. The molecule has 1 spiro atoms. The molecule has 15 atom stereocenters. The number of aliphatic hydroxyl groups is 1. The van der Waals surface area contributed by atoms with Gasteiger partial charge in [0, 0.05) is 53.1 Å². The Balaban J connectivity index is 1.73. The fraction of sp³-hybridized carbons (Fsp3) is 0.847. The van der Waals surface area contributed by atoms with E-state index in [1.165, 1.54) is 0 Å². The molecule has 30 nitrogen and oxygen atoms in total. The molecule has 3 aliphatic heterocycles. The van der Waals surface area contributed by atoms with Gasteiger partial charge in [0.15, 0.2) is 30.6 Å². The molecule has 5 fully saturated rings. The zero-order valence-electron chi connectivity index (χ0n) is 54.8. The summed E-state index contributed by atoms with van der Waals surface area (Å²) >= 11 is 0. The number of amides is 6. The number of carbonyl (C=O) groups is 9. The van der Waals surface area contributed by atoms with E-state index in [0.717, 1.165) is 40.0 Å². The molecular formula is C59H98N6O24. The van der Waals surface area contributed by atoms with Crippen molar-refractivity contribution in [1.29, 1.82) is 0 Å². The molecule has 89 heavy (non-hydrogen) atoms. The van der Waals surface area contributed by atoms with Crippen molar-refractivity contribution in [2.75, 3.05) is 19.7 Å². The molecule has 0 aromatic carbocycles. The van der Waals surface area contributed by atoms with Crippen LogP contribution in [0.15, 0.2) is 0 Å². The predicted molar refractivity (Wildman–Crippen MR) is 310 cm³/mol. The van der Waals surface area contributed by atoms with Gasteiger partial charge in [0.05, 0.1) is 24.8 Å². The van der Waals surface area contributed by atoms with Crippen LogP contribution in [0.3, 0.4) is 0 Å². The number of hydrogen-bond acceptors (Lipinski definition) is 24. The molecule has 30 heteroatoms. The summed E-state index contributed by atoms with van der Waals surface area (Å²) in [7, 11) is 0. The highest BCUT2D eigenvalue weighted by molar-refractivity contribution is 5.84. The first-order valence-corrected chi connectivity index (χ1v) is 30.3. The van der Waals surface area contributed by atoms with Crippen molar-refractivity contribution in [1.82, 2.24) is 31.9 Å². The van der Waals surface area contributed by atoms with E-state index in [-0.39, 0.29) is 32.5 Å². The van der Waals surface area contributed by atoms with Gasteiger partial charge in [0.25, 0.3) is 5.91 Å². The molecule has 0 aromatic rings. The van der Waals surface area contributed by atoms with E-state index in [1.807, 2.05) is 0 Å². The average Bonchev–Trinajstić information content (AvgIpc) is 0.929. The topological polar surface area (TPSA) is 375 Å². The molecule has 508 valence electrons. The second kappa shape index (κ2) is 30.4. The Labute approximate surface area is 520 Å². The molecule has 3 heterocycles. The van der Waals surface area contributed by atoms with Gasteiger partial charge in [-0.2, -0.15) is 0 Å². The van der Waals surface area contributed by atoms with E-state index in [0.29, 0.717) is 12.8 Å². The minimum absolute atomic E-state index is 0.0733. The minimum Gasteiger partial charge on any atom is -0.458 e. The smallest absolute Gasteiger partial charge is 0.408 e. The largest absolute Gasteiger partial charge is 0.458 e. The maximum atomic E-state index is 15.0. The van der Waals surface area contributed by atoms with E-state index in [4.69, 9.17) is 66.3 Å². The van der Waals surface area contributed by atoms with Crippen LogP contribution in [0.5, 0.6) is 0 Å². The van der Waals surface area contributed by atoms with Crippen molar-refractivity contribution >= 4 is 54.3 Å². The van der Waals surface area contributed by atoms with Crippen molar-refractivity contribution in [2.24, 2.45) is 0 Å². The number of aliphatic hydroxyl groups excluding tert-OH is 1. The Morgan fingerprint density at radius 3 is 1.52 bits per heavy atom. The number of carbonyl (C=O) groups excluding carboxylic acids is 9. The van der Waals surface area contributed by atoms with Crippen molar-refractivity contribution in [3.05, 3.63) is 0 Å². The quantitative estimate of drug-likeness (QED) is 0.0757. The summed E-state index contributed by atoms with van der Waals surface area (Å²) in [6.07, 6.45) is -19.7. The lowest BCUT2D eigenvalue weighted by Gasteiger charge is -2.54. The normalized spacial score (nSPS) is 29.2. The van der Waals surface area contributed by atoms with Crippen molar-refractivity contribution in [3.8, 4) is 0 Å². The van der Waals surface area contributed by atoms with Gasteiger partial charge in [-0.15, -0.1) is 0 Å². The van der Waals surface area contributed by atoms with Crippen molar-refractivity contribution in [3.63, 3.8) is 0 Å². The van der Waals surface area contributed by atoms with Gasteiger partial charge >= 0.3 is 48.4 Å². The fourth-order valence-electron chi connectivity index (χ4n) is 10.6. The van der Waals surface area contributed by atoms with Crippen molar-refractivity contribution < 1.29 is 115 Å². The highest BCUT2D eigenvalue weighted by Gasteiger charge is 2.61. The van der Waals surface area contributed by atoms with Gasteiger partial charge < -0.3 is 103 Å². The standard InChI is InChI=1S/C59H98N6O24/c1-30(66)77-35(24-27-60-49(71)85-54(4,5)6)46(70)63-38-42(78-31(2)67)39(65-53(75)89-58(16,17)18)44(82-47-34(62-51(73)87-56(10,11)12)23-22-33(80-47)28-61-50(72)86-55(7,8)9)40(69)43(38)83-48-45(79-32(3)68)37(64-52(74)88-57(13,14)15)41-36(81-48)29-76-59(84-41)25-20-19-21-26-59/h33-45,47-48,69H,19-29H2,1-18H3,(H,60,71)(H,61,72)(H,62,73)(H,63,70)(H,64,74)(H,65,75)/t33?,34?,35-,36?,37?,38?,39-,40?,41+,42-,43-,44?,45?,47+,48+/m0/s1. The molecule has 5 aliphatic rings. The Morgan fingerprint density at radius 1 is 0.528 bits per heavy atom. The molecule has 2 saturated carbocycles. The number of rotatable bonds is 17. The van der Waals surface area contributed by atoms with E-state index < -0.39 is 186 Å². The zero-order chi connectivity index (χ0) is 66.8. The molecular weight excluding hydrogens is 1180 g/mol. The highest BCUT2D eigenvalue weighted by Crippen LogP contribution is 2.43. The third-order valence-corrected chi connectivity index (χ3v) is 13.8. The first-order chi connectivity index (χ1) is 41.0. The second-order valence-electron chi connectivity index (χ2n) is 27.8. The Hall–Kier alpha value is -6.05. The highest BCUT2D eigenvalue weighted by atomic mass is 16.8. The lowest BCUT2D eigenvalue weighted by atomic mass is 9.80. The molecule has 2 aliphatic carbocycles. The SMILES string of the molecule is CC(=O)OC1C(NC(=O)OC(C)(C)C)[C@@H]2OC3(CCCCC3)OCC2O[C@@H]1O[C@@H]1C(O)C(O[C@H]2OC(CNC(=O)OC(C)(C)C)CCC2NC(=O)OC(C)(C)C)[C@@H](NC(=O)OC(C)(C)C)[C@@H](OC(C)=O)C1NC(=O)[C@H](CCNC(=O)OC(C)(C)C)OC(C)=O. The van der Waals surface area contributed by atoms with Gasteiger partial charge in [-0.3, -0.25) is 19.2 Å². The van der Waals surface area contributed by atoms with Crippen LogP contribution in [-0.4, -0.2) is 205 Å². The molecule has 8 unspecified atom stereocenters. The third-order valence-electron chi connectivity index (χ3n) is 13.8. The van der Waals surface area contributed by atoms with E-state index in [1.54, 1.807) is 104 Å². The monoisotopic (exact) mass is 1270 g/mol. The van der Waals surface area contributed by atoms with Gasteiger partial charge in [0.2, 0.25) is 0 Å². The first-order valence-electron chi connectivity index (χ1n) is 30.3.